The van der Waals surface area contributed by atoms with Gasteiger partial charge in [0.15, 0.2) is 0 Å². The van der Waals surface area contributed by atoms with E-state index in [1.807, 2.05) is 31.9 Å². The lowest BCUT2D eigenvalue weighted by atomic mass is 10.3. The van der Waals surface area contributed by atoms with Crippen molar-refractivity contribution in [3.8, 4) is 0 Å². The highest BCUT2D eigenvalue weighted by Gasteiger charge is 2.00. The van der Waals surface area contributed by atoms with Crippen LogP contribution in [0.2, 0.25) is 0 Å². The molecule has 0 spiro atoms. The predicted octanol–water partition coefficient (Wildman–Crippen LogP) is 0.448. The molecule has 3 heteroatoms. The summed E-state index contributed by atoms with van der Waals surface area (Å²) in [5.41, 5.74) is 2.36. The molecule has 0 saturated heterocycles. The standard InChI is InChI=1S/C7H13N3/c1-6-7(4-8-2)10(3)5-9-6/h5,8H,4H2,1-3H3. The summed E-state index contributed by atoms with van der Waals surface area (Å²) in [6.45, 7) is 2.91. The summed E-state index contributed by atoms with van der Waals surface area (Å²) < 4.78 is 2.03. The first-order valence-corrected chi connectivity index (χ1v) is 3.37. The number of hydrogen-bond acceptors (Lipinski definition) is 2. The summed E-state index contributed by atoms with van der Waals surface area (Å²) in [4.78, 5) is 4.16. The zero-order chi connectivity index (χ0) is 7.56. The Labute approximate surface area is 61.1 Å². The Morgan fingerprint density at radius 2 is 2.40 bits per heavy atom. The molecule has 0 aromatic carbocycles. The highest BCUT2D eigenvalue weighted by Crippen LogP contribution is 2.02. The van der Waals surface area contributed by atoms with E-state index < -0.39 is 0 Å². The molecule has 0 aliphatic heterocycles. The van der Waals surface area contributed by atoms with Crippen molar-refractivity contribution in [2.75, 3.05) is 7.05 Å². The summed E-state index contributed by atoms with van der Waals surface area (Å²) in [6, 6.07) is 0. The van der Waals surface area contributed by atoms with E-state index in [2.05, 4.69) is 10.3 Å². The number of aromatic nitrogens is 2. The zero-order valence-corrected chi connectivity index (χ0v) is 6.68. The maximum Gasteiger partial charge on any atom is 0.0949 e. The number of aryl methyl sites for hydroxylation is 2. The summed E-state index contributed by atoms with van der Waals surface area (Å²) in [5, 5.41) is 3.09. The summed E-state index contributed by atoms with van der Waals surface area (Å²) in [6.07, 6.45) is 1.84. The van der Waals surface area contributed by atoms with Crippen molar-refractivity contribution in [2.24, 2.45) is 7.05 Å². The van der Waals surface area contributed by atoms with Gasteiger partial charge in [0.1, 0.15) is 0 Å². The average molecular weight is 139 g/mol. The number of imidazole rings is 1. The monoisotopic (exact) mass is 139 g/mol. The largest absolute Gasteiger partial charge is 0.336 e. The van der Waals surface area contributed by atoms with Crippen LogP contribution in [0.15, 0.2) is 6.33 Å². The van der Waals surface area contributed by atoms with E-state index in [9.17, 15) is 0 Å². The smallest absolute Gasteiger partial charge is 0.0949 e. The van der Waals surface area contributed by atoms with Crippen molar-refractivity contribution in [1.29, 1.82) is 0 Å². The van der Waals surface area contributed by atoms with E-state index in [4.69, 9.17) is 0 Å². The van der Waals surface area contributed by atoms with Crippen LogP contribution in [-0.4, -0.2) is 16.6 Å². The molecule has 0 atom stereocenters. The molecule has 56 valence electrons. The normalized spacial score (nSPS) is 10.3. The highest BCUT2D eigenvalue weighted by atomic mass is 15.0. The number of hydrogen-bond donors (Lipinski definition) is 1. The van der Waals surface area contributed by atoms with Crippen LogP contribution in [0.4, 0.5) is 0 Å². The maximum atomic E-state index is 4.16. The molecule has 1 N–H and O–H groups in total. The number of nitrogens with zero attached hydrogens (tertiary/aromatic N) is 2. The molecule has 0 aliphatic carbocycles. The summed E-state index contributed by atoms with van der Waals surface area (Å²) >= 11 is 0. The Morgan fingerprint density at radius 3 is 2.80 bits per heavy atom. The van der Waals surface area contributed by atoms with Crippen molar-refractivity contribution in [2.45, 2.75) is 13.5 Å². The van der Waals surface area contributed by atoms with Gasteiger partial charge in [0, 0.05) is 13.6 Å². The van der Waals surface area contributed by atoms with Gasteiger partial charge in [-0.25, -0.2) is 4.98 Å². The molecule has 0 aliphatic rings. The molecule has 1 aromatic heterocycles. The molecule has 1 aromatic rings. The van der Waals surface area contributed by atoms with Crippen LogP contribution in [0.25, 0.3) is 0 Å². The second-order valence-electron chi connectivity index (χ2n) is 2.42. The van der Waals surface area contributed by atoms with E-state index in [1.54, 1.807) is 0 Å². The van der Waals surface area contributed by atoms with Gasteiger partial charge in [0.2, 0.25) is 0 Å². The van der Waals surface area contributed by atoms with Crippen molar-refractivity contribution in [3.63, 3.8) is 0 Å². The minimum Gasteiger partial charge on any atom is -0.336 e. The third kappa shape index (κ3) is 1.19. The van der Waals surface area contributed by atoms with E-state index in [0.717, 1.165) is 12.2 Å². The molecular formula is C7H13N3. The second kappa shape index (κ2) is 2.84. The molecule has 0 radical (unpaired) electrons. The van der Waals surface area contributed by atoms with E-state index in [-0.39, 0.29) is 0 Å². The van der Waals surface area contributed by atoms with Gasteiger partial charge >= 0.3 is 0 Å². The van der Waals surface area contributed by atoms with Crippen LogP contribution in [0.5, 0.6) is 0 Å². The molecule has 1 heterocycles. The Kier molecular flexibility index (Phi) is 2.06. The van der Waals surface area contributed by atoms with Crippen LogP contribution in [0.1, 0.15) is 11.4 Å². The van der Waals surface area contributed by atoms with E-state index in [0.29, 0.717) is 0 Å². The van der Waals surface area contributed by atoms with Gasteiger partial charge in [-0.15, -0.1) is 0 Å². The van der Waals surface area contributed by atoms with Crippen LogP contribution >= 0.6 is 0 Å². The van der Waals surface area contributed by atoms with E-state index in [1.165, 1.54) is 5.69 Å². The van der Waals surface area contributed by atoms with Crippen LogP contribution in [0.3, 0.4) is 0 Å². The lowest BCUT2D eigenvalue weighted by molar-refractivity contribution is 0.729. The lowest BCUT2D eigenvalue weighted by Crippen LogP contribution is -2.09. The van der Waals surface area contributed by atoms with Gasteiger partial charge in [-0.2, -0.15) is 0 Å². The average Bonchev–Trinajstić information content (AvgIpc) is 2.20. The molecule has 3 nitrogen and oxygen atoms in total. The van der Waals surface area contributed by atoms with Crippen molar-refractivity contribution >= 4 is 0 Å². The van der Waals surface area contributed by atoms with Crippen molar-refractivity contribution < 1.29 is 0 Å². The van der Waals surface area contributed by atoms with Gasteiger partial charge in [0.25, 0.3) is 0 Å². The zero-order valence-electron chi connectivity index (χ0n) is 6.68. The second-order valence-corrected chi connectivity index (χ2v) is 2.42. The van der Waals surface area contributed by atoms with Crippen molar-refractivity contribution in [3.05, 3.63) is 17.7 Å². The fourth-order valence-electron chi connectivity index (χ4n) is 0.993. The van der Waals surface area contributed by atoms with Gasteiger partial charge < -0.3 is 9.88 Å². The SMILES string of the molecule is CNCc1c(C)ncn1C. The molecule has 0 bridgehead atoms. The van der Waals surface area contributed by atoms with E-state index >= 15 is 0 Å². The van der Waals surface area contributed by atoms with Crippen molar-refractivity contribution in [1.82, 2.24) is 14.9 Å². The lowest BCUT2D eigenvalue weighted by Gasteiger charge is -2.00. The molecule has 0 unspecified atom stereocenters. The maximum absolute atomic E-state index is 4.16. The number of nitrogens with one attached hydrogen (secondary N) is 1. The molecular weight excluding hydrogens is 126 g/mol. The van der Waals surface area contributed by atoms with Gasteiger partial charge in [-0.3, -0.25) is 0 Å². The molecule has 0 amide bonds. The summed E-state index contributed by atoms with van der Waals surface area (Å²) in [7, 11) is 3.94. The first kappa shape index (κ1) is 7.28. The third-order valence-corrected chi connectivity index (χ3v) is 1.61. The fourth-order valence-corrected chi connectivity index (χ4v) is 0.993. The Bertz CT molecular complexity index is 195. The minimum atomic E-state index is 0.891. The van der Waals surface area contributed by atoms with Crippen LogP contribution in [-0.2, 0) is 13.6 Å². The Hall–Kier alpha value is -0.830. The topological polar surface area (TPSA) is 29.9 Å². The third-order valence-electron chi connectivity index (χ3n) is 1.61. The first-order valence-electron chi connectivity index (χ1n) is 3.37. The van der Waals surface area contributed by atoms with Gasteiger partial charge in [-0.05, 0) is 14.0 Å². The predicted molar refractivity (Wildman–Crippen MR) is 40.7 cm³/mol. The number of rotatable bonds is 2. The minimum absolute atomic E-state index is 0.891. The summed E-state index contributed by atoms with van der Waals surface area (Å²) in [5.74, 6) is 0. The van der Waals surface area contributed by atoms with Gasteiger partial charge in [0.05, 0.1) is 17.7 Å². The molecule has 0 fully saturated rings. The van der Waals surface area contributed by atoms with Crippen LogP contribution < -0.4 is 5.32 Å². The highest BCUT2D eigenvalue weighted by molar-refractivity contribution is 5.10. The fraction of sp³-hybridized carbons (Fsp3) is 0.571. The van der Waals surface area contributed by atoms with Gasteiger partial charge in [-0.1, -0.05) is 0 Å². The quantitative estimate of drug-likeness (QED) is 0.644. The first-order chi connectivity index (χ1) is 4.75. The Morgan fingerprint density at radius 1 is 1.70 bits per heavy atom. The molecule has 10 heavy (non-hydrogen) atoms. The molecule has 1 rings (SSSR count). The Balaban J connectivity index is 2.87. The van der Waals surface area contributed by atoms with Crippen LogP contribution in [0, 0.1) is 6.92 Å². The molecule has 0 saturated carbocycles.